The van der Waals surface area contributed by atoms with E-state index in [1.807, 2.05) is 24.3 Å². The molecule has 0 radical (unpaired) electrons. The largest absolute Gasteiger partial charge is 0.394 e. The number of amides is 1. The van der Waals surface area contributed by atoms with Gasteiger partial charge in [0.25, 0.3) is 0 Å². The lowest BCUT2D eigenvalue weighted by atomic mass is 10.2. The van der Waals surface area contributed by atoms with Gasteiger partial charge in [-0.25, -0.2) is 0 Å². The number of halogens is 2. The van der Waals surface area contributed by atoms with E-state index in [-0.39, 0.29) is 24.9 Å². The molecule has 0 aliphatic rings. The van der Waals surface area contributed by atoms with Gasteiger partial charge in [-0.05, 0) is 17.7 Å². The van der Waals surface area contributed by atoms with Gasteiger partial charge in [0.2, 0.25) is 5.91 Å². The Morgan fingerprint density at radius 1 is 1.56 bits per heavy atom. The SMILES string of the molecule is Cl.NC(CO)C(=O)NCc1cccc(Br)c1. The Labute approximate surface area is 109 Å². The van der Waals surface area contributed by atoms with Gasteiger partial charge in [-0.2, -0.15) is 0 Å². The quantitative estimate of drug-likeness (QED) is 0.770. The molecule has 0 fully saturated rings. The van der Waals surface area contributed by atoms with E-state index in [9.17, 15) is 4.79 Å². The van der Waals surface area contributed by atoms with Crippen LogP contribution in [0.1, 0.15) is 5.56 Å². The summed E-state index contributed by atoms with van der Waals surface area (Å²) in [6.45, 7) is 0.0658. The molecule has 90 valence electrons. The summed E-state index contributed by atoms with van der Waals surface area (Å²) in [5.41, 5.74) is 6.31. The molecule has 0 saturated heterocycles. The minimum absolute atomic E-state index is 0. The number of carbonyl (C=O) groups is 1. The van der Waals surface area contributed by atoms with Crippen molar-refractivity contribution < 1.29 is 9.90 Å². The summed E-state index contributed by atoms with van der Waals surface area (Å²) in [4.78, 5) is 11.2. The number of nitrogens with one attached hydrogen (secondary N) is 1. The fraction of sp³-hybridized carbons (Fsp3) is 0.300. The highest BCUT2D eigenvalue weighted by Gasteiger charge is 2.10. The van der Waals surface area contributed by atoms with Gasteiger partial charge < -0.3 is 16.2 Å². The topological polar surface area (TPSA) is 75.3 Å². The van der Waals surface area contributed by atoms with Crippen molar-refractivity contribution in [3.63, 3.8) is 0 Å². The van der Waals surface area contributed by atoms with E-state index in [0.717, 1.165) is 10.0 Å². The molecular formula is C10H14BrClN2O2. The molecule has 0 aliphatic carbocycles. The van der Waals surface area contributed by atoms with Gasteiger partial charge in [-0.3, -0.25) is 4.79 Å². The number of nitrogens with two attached hydrogens (primary N) is 1. The molecule has 4 N–H and O–H groups in total. The predicted molar refractivity (Wildman–Crippen MR) is 68.3 cm³/mol. The Morgan fingerprint density at radius 3 is 2.81 bits per heavy atom. The molecule has 1 atom stereocenters. The summed E-state index contributed by atoms with van der Waals surface area (Å²) >= 11 is 3.33. The first-order valence-corrected chi connectivity index (χ1v) is 5.31. The lowest BCUT2D eigenvalue weighted by Crippen LogP contribution is -2.42. The molecule has 0 aliphatic heterocycles. The lowest BCUT2D eigenvalue weighted by molar-refractivity contribution is -0.123. The van der Waals surface area contributed by atoms with Crippen molar-refractivity contribution in [1.29, 1.82) is 0 Å². The lowest BCUT2D eigenvalue weighted by Gasteiger charge is -2.09. The second kappa shape index (κ2) is 7.62. The molecule has 1 aromatic carbocycles. The molecule has 6 heteroatoms. The molecule has 4 nitrogen and oxygen atoms in total. The molecule has 16 heavy (non-hydrogen) atoms. The Bertz CT molecular complexity index is 349. The van der Waals surface area contributed by atoms with Crippen molar-refractivity contribution in [1.82, 2.24) is 5.32 Å². The third kappa shape index (κ3) is 4.94. The maximum Gasteiger partial charge on any atom is 0.239 e. The first-order chi connectivity index (χ1) is 7.13. The predicted octanol–water partition coefficient (Wildman–Crippen LogP) is 0.807. The highest BCUT2D eigenvalue weighted by molar-refractivity contribution is 9.10. The standard InChI is InChI=1S/C10H13BrN2O2.ClH/c11-8-3-1-2-7(4-8)5-13-10(15)9(12)6-14;/h1-4,9,14H,5-6,12H2,(H,13,15);1H. The minimum Gasteiger partial charge on any atom is -0.394 e. The maximum absolute atomic E-state index is 11.2. The van der Waals surface area contributed by atoms with Crippen molar-refractivity contribution in [2.75, 3.05) is 6.61 Å². The van der Waals surface area contributed by atoms with E-state index in [1.54, 1.807) is 0 Å². The van der Waals surface area contributed by atoms with Crippen molar-refractivity contribution in [2.24, 2.45) is 5.73 Å². The van der Waals surface area contributed by atoms with Gasteiger partial charge in [-0.1, -0.05) is 28.1 Å². The first-order valence-electron chi connectivity index (χ1n) is 4.52. The van der Waals surface area contributed by atoms with E-state index in [0.29, 0.717) is 6.54 Å². The van der Waals surface area contributed by atoms with Crippen molar-refractivity contribution in [3.05, 3.63) is 34.3 Å². The van der Waals surface area contributed by atoms with Crippen LogP contribution in [0.15, 0.2) is 28.7 Å². The molecule has 1 amide bonds. The van der Waals surface area contributed by atoms with Gasteiger partial charge in [-0.15, -0.1) is 12.4 Å². The summed E-state index contributed by atoms with van der Waals surface area (Å²) in [7, 11) is 0. The third-order valence-corrected chi connectivity index (χ3v) is 2.38. The number of hydrogen-bond acceptors (Lipinski definition) is 3. The van der Waals surface area contributed by atoms with E-state index in [2.05, 4.69) is 21.2 Å². The summed E-state index contributed by atoms with van der Waals surface area (Å²) in [6.07, 6.45) is 0. The van der Waals surface area contributed by atoms with Crippen molar-refractivity contribution >= 4 is 34.2 Å². The van der Waals surface area contributed by atoms with Crippen LogP contribution in [-0.2, 0) is 11.3 Å². The van der Waals surface area contributed by atoms with Crippen molar-refractivity contribution in [2.45, 2.75) is 12.6 Å². The number of hydrogen-bond donors (Lipinski definition) is 3. The van der Waals surface area contributed by atoms with Gasteiger partial charge in [0, 0.05) is 11.0 Å². The van der Waals surface area contributed by atoms with Crippen LogP contribution in [0.5, 0.6) is 0 Å². The van der Waals surface area contributed by atoms with Gasteiger partial charge >= 0.3 is 0 Å². The van der Waals surface area contributed by atoms with Crippen molar-refractivity contribution in [3.8, 4) is 0 Å². The Morgan fingerprint density at radius 2 is 2.25 bits per heavy atom. The average Bonchev–Trinajstić information content (AvgIpc) is 2.25. The molecule has 0 bridgehead atoms. The molecule has 0 aromatic heterocycles. The zero-order valence-corrected chi connectivity index (χ0v) is 10.9. The molecule has 1 aromatic rings. The van der Waals surface area contributed by atoms with E-state index in [4.69, 9.17) is 10.8 Å². The van der Waals surface area contributed by atoms with Crippen LogP contribution in [0, 0.1) is 0 Å². The van der Waals surface area contributed by atoms with Crippen LogP contribution < -0.4 is 11.1 Å². The third-order valence-electron chi connectivity index (χ3n) is 1.89. The summed E-state index contributed by atoms with van der Waals surface area (Å²) in [6, 6.07) is 6.75. The fourth-order valence-corrected chi connectivity index (χ4v) is 1.50. The minimum atomic E-state index is -0.850. The van der Waals surface area contributed by atoms with Crippen LogP contribution in [0.4, 0.5) is 0 Å². The van der Waals surface area contributed by atoms with Crippen LogP contribution in [0.2, 0.25) is 0 Å². The first kappa shape index (κ1) is 15.4. The highest BCUT2D eigenvalue weighted by Crippen LogP contribution is 2.11. The zero-order valence-electron chi connectivity index (χ0n) is 8.52. The van der Waals surface area contributed by atoms with E-state index in [1.165, 1.54) is 0 Å². The Hall–Kier alpha value is -0.620. The van der Waals surface area contributed by atoms with Gasteiger partial charge in [0.1, 0.15) is 6.04 Å². The normalized spacial score (nSPS) is 11.4. The molecule has 0 spiro atoms. The molecule has 0 heterocycles. The number of aliphatic hydroxyl groups excluding tert-OH is 1. The van der Waals surface area contributed by atoms with Gasteiger partial charge in [0.15, 0.2) is 0 Å². The number of aliphatic hydroxyl groups is 1. The molecule has 1 unspecified atom stereocenters. The zero-order chi connectivity index (χ0) is 11.3. The number of rotatable bonds is 4. The summed E-state index contributed by atoms with van der Waals surface area (Å²) < 4.78 is 0.959. The average molecular weight is 310 g/mol. The fourth-order valence-electron chi connectivity index (χ4n) is 1.05. The van der Waals surface area contributed by atoms with E-state index >= 15 is 0 Å². The van der Waals surface area contributed by atoms with E-state index < -0.39 is 6.04 Å². The number of benzene rings is 1. The smallest absolute Gasteiger partial charge is 0.239 e. The van der Waals surface area contributed by atoms with Gasteiger partial charge in [0.05, 0.1) is 6.61 Å². The molecule has 0 saturated carbocycles. The molecule has 1 rings (SSSR count). The van der Waals surface area contributed by atoms with Crippen LogP contribution in [-0.4, -0.2) is 23.7 Å². The maximum atomic E-state index is 11.2. The summed E-state index contributed by atoms with van der Waals surface area (Å²) in [5.74, 6) is -0.350. The number of carbonyl (C=O) groups excluding carboxylic acids is 1. The van der Waals surface area contributed by atoms with Crippen LogP contribution in [0.25, 0.3) is 0 Å². The Balaban J connectivity index is 0.00000225. The Kier molecular flexibility index (Phi) is 7.33. The second-order valence-corrected chi connectivity index (χ2v) is 4.05. The molecular weight excluding hydrogens is 295 g/mol. The summed E-state index contributed by atoms with van der Waals surface area (Å²) in [5, 5.41) is 11.3. The van der Waals surface area contributed by atoms with Crippen LogP contribution >= 0.6 is 28.3 Å². The second-order valence-electron chi connectivity index (χ2n) is 3.14. The van der Waals surface area contributed by atoms with Crippen LogP contribution in [0.3, 0.4) is 0 Å². The highest BCUT2D eigenvalue weighted by atomic mass is 79.9. The monoisotopic (exact) mass is 308 g/mol.